The Labute approximate surface area is 203 Å². The molecule has 3 N–H and O–H groups in total. The third-order valence-corrected chi connectivity index (χ3v) is 7.29. The van der Waals surface area contributed by atoms with E-state index in [-0.39, 0.29) is 22.8 Å². The van der Waals surface area contributed by atoms with E-state index < -0.39 is 38.8 Å². The van der Waals surface area contributed by atoms with Crippen LogP contribution in [0.25, 0.3) is 28.0 Å². The Morgan fingerprint density at radius 1 is 1.08 bits per heavy atom. The third-order valence-electron chi connectivity index (χ3n) is 5.76. The Morgan fingerprint density at radius 2 is 1.78 bits per heavy atom. The summed E-state index contributed by atoms with van der Waals surface area (Å²) in [6.45, 7) is 2.44. The minimum Gasteiger partial charge on any atom is -0.396 e. The van der Waals surface area contributed by atoms with Gasteiger partial charge in [-0.15, -0.1) is 0 Å². The highest BCUT2D eigenvalue weighted by Gasteiger charge is 2.39. The molecule has 0 unspecified atom stereocenters. The molecule has 0 aliphatic carbocycles. The standard InChI is InChI=1S/C24H21F5N4O2S/c1-3-14-10-21-16(11-18(14)26)22(30)23(33(21)20-7-5-4-6-17(20)25)19-9-8-15(12-31-19)36(34,35)32-13(2)24(27,28)29/h4-13,32H,3,30H2,1-2H3/t13-/m0/s1. The summed E-state index contributed by atoms with van der Waals surface area (Å²) in [5, 5.41) is 0.294. The number of aryl methyl sites for hydroxylation is 1. The summed E-state index contributed by atoms with van der Waals surface area (Å²) in [6.07, 6.45) is -3.53. The van der Waals surface area contributed by atoms with E-state index in [2.05, 4.69) is 4.98 Å². The molecule has 0 bridgehead atoms. The van der Waals surface area contributed by atoms with Crippen LogP contribution >= 0.6 is 0 Å². The largest absolute Gasteiger partial charge is 0.404 e. The van der Waals surface area contributed by atoms with E-state index in [1.54, 1.807) is 23.8 Å². The lowest BCUT2D eigenvalue weighted by Crippen LogP contribution is -2.42. The molecule has 0 aliphatic heterocycles. The van der Waals surface area contributed by atoms with Gasteiger partial charge in [0, 0.05) is 11.6 Å². The van der Waals surface area contributed by atoms with Gasteiger partial charge in [-0.2, -0.15) is 17.9 Å². The molecule has 12 heteroatoms. The van der Waals surface area contributed by atoms with Crippen LogP contribution in [0.2, 0.25) is 0 Å². The van der Waals surface area contributed by atoms with Crippen molar-refractivity contribution in [3.8, 4) is 17.1 Å². The SMILES string of the molecule is CCc1cc2c(cc1F)c(N)c(-c1ccc(S(=O)(=O)N[C@@H](C)C(F)(F)F)cn1)n2-c1ccccc1F. The highest BCUT2D eigenvalue weighted by Crippen LogP contribution is 2.39. The topological polar surface area (TPSA) is 90.0 Å². The van der Waals surface area contributed by atoms with E-state index in [0.29, 0.717) is 29.8 Å². The number of sulfonamides is 1. The van der Waals surface area contributed by atoms with Crippen LogP contribution in [0.3, 0.4) is 0 Å². The number of halogens is 5. The molecule has 4 rings (SSSR count). The molecule has 6 nitrogen and oxygen atoms in total. The van der Waals surface area contributed by atoms with Crippen molar-refractivity contribution < 1.29 is 30.4 Å². The van der Waals surface area contributed by atoms with E-state index >= 15 is 0 Å². The Bertz CT molecular complexity index is 1550. The fourth-order valence-corrected chi connectivity index (χ4v) is 5.00. The van der Waals surface area contributed by atoms with Crippen LogP contribution in [0.5, 0.6) is 0 Å². The molecule has 4 aromatic rings. The Kier molecular flexibility index (Phi) is 6.52. The number of hydrogen-bond acceptors (Lipinski definition) is 4. The molecule has 2 aromatic carbocycles. The first-order valence-electron chi connectivity index (χ1n) is 10.8. The second kappa shape index (κ2) is 9.17. The summed E-state index contributed by atoms with van der Waals surface area (Å²) >= 11 is 0. The zero-order valence-corrected chi connectivity index (χ0v) is 19.9. The van der Waals surface area contributed by atoms with Crippen LogP contribution in [-0.4, -0.2) is 30.2 Å². The number of anilines is 1. The van der Waals surface area contributed by atoms with Crippen LogP contribution < -0.4 is 10.5 Å². The van der Waals surface area contributed by atoms with Gasteiger partial charge < -0.3 is 10.3 Å². The van der Waals surface area contributed by atoms with E-state index in [9.17, 15) is 30.4 Å². The van der Waals surface area contributed by atoms with Crippen LogP contribution in [0.15, 0.2) is 59.6 Å². The number of rotatable bonds is 6. The molecule has 0 radical (unpaired) electrons. The van der Waals surface area contributed by atoms with Gasteiger partial charge in [-0.1, -0.05) is 19.1 Å². The fourth-order valence-electron chi connectivity index (χ4n) is 3.83. The molecule has 0 amide bonds. The predicted octanol–water partition coefficient (Wildman–Crippen LogP) is 5.34. The monoisotopic (exact) mass is 524 g/mol. The second-order valence-electron chi connectivity index (χ2n) is 8.13. The lowest BCUT2D eigenvalue weighted by molar-refractivity contribution is -0.147. The first kappa shape index (κ1) is 25.6. The minimum absolute atomic E-state index is 0.0710. The summed E-state index contributed by atoms with van der Waals surface area (Å²) in [4.78, 5) is 3.60. The molecule has 0 saturated heterocycles. The smallest absolute Gasteiger partial charge is 0.396 e. The van der Waals surface area contributed by atoms with Crippen LogP contribution in [0.4, 0.5) is 27.6 Å². The minimum atomic E-state index is -4.78. The van der Waals surface area contributed by atoms with Crippen molar-refractivity contribution in [1.29, 1.82) is 0 Å². The number of fused-ring (bicyclic) bond motifs is 1. The van der Waals surface area contributed by atoms with Crippen LogP contribution in [-0.2, 0) is 16.4 Å². The Hall–Kier alpha value is -3.51. The fraction of sp³-hybridized carbons (Fsp3) is 0.208. The molecule has 1 atom stereocenters. The molecular formula is C24H21F5N4O2S. The van der Waals surface area contributed by atoms with Gasteiger partial charge >= 0.3 is 6.18 Å². The van der Waals surface area contributed by atoms with E-state index in [1.165, 1.54) is 34.9 Å². The summed E-state index contributed by atoms with van der Waals surface area (Å²) in [5.41, 5.74) is 7.58. The molecule has 36 heavy (non-hydrogen) atoms. The number of pyridine rings is 1. The van der Waals surface area contributed by atoms with Crippen molar-refractivity contribution >= 4 is 26.6 Å². The number of hydrogen-bond donors (Lipinski definition) is 2. The predicted molar refractivity (Wildman–Crippen MR) is 126 cm³/mol. The highest BCUT2D eigenvalue weighted by molar-refractivity contribution is 7.89. The van der Waals surface area contributed by atoms with E-state index in [0.717, 1.165) is 12.3 Å². The second-order valence-corrected chi connectivity index (χ2v) is 9.84. The maximum Gasteiger partial charge on any atom is 0.404 e. The summed E-state index contributed by atoms with van der Waals surface area (Å²) in [7, 11) is -4.54. The first-order valence-corrected chi connectivity index (χ1v) is 12.3. The van der Waals surface area contributed by atoms with Gasteiger partial charge in [-0.05, 0) is 55.3 Å². The van der Waals surface area contributed by atoms with Crippen molar-refractivity contribution in [2.45, 2.75) is 37.4 Å². The Balaban J connectivity index is 1.90. The molecule has 0 saturated carbocycles. The number of alkyl halides is 3. The normalized spacial score (nSPS) is 13.3. The van der Waals surface area contributed by atoms with Crippen LogP contribution in [0.1, 0.15) is 19.4 Å². The lowest BCUT2D eigenvalue weighted by Gasteiger charge is -2.17. The van der Waals surface area contributed by atoms with Crippen molar-refractivity contribution in [1.82, 2.24) is 14.3 Å². The number of nitrogen functional groups attached to an aromatic ring is 1. The Morgan fingerprint density at radius 3 is 2.36 bits per heavy atom. The van der Waals surface area contributed by atoms with Gasteiger partial charge in [0.05, 0.1) is 28.3 Å². The van der Waals surface area contributed by atoms with Crippen molar-refractivity contribution in [3.63, 3.8) is 0 Å². The summed E-state index contributed by atoms with van der Waals surface area (Å²) < 4.78 is 95.8. The average Bonchev–Trinajstić information content (AvgIpc) is 3.09. The quantitative estimate of drug-likeness (QED) is 0.333. The molecule has 0 aliphatic rings. The van der Waals surface area contributed by atoms with Gasteiger partial charge in [-0.3, -0.25) is 4.98 Å². The molecule has 2 heterocycles. The number of nitrogens with zero attached hydrogens (tertiary/aromatic N) is 2. The van der Waals surface area contributed by atoms with Crippen molar-refractivity contribution in [3.05, 3.63) is 71.9 Å². The van der Waals surface area contributed by atoms with E-state index in [4.69, 9.17) is 5.73 Å². The maximum absolute atomic E-state index is 14.9. The van der Waals surface area contributed by atoms with Gasteiger partial charge in [-0.25, -0.2) is 17.2 Å². The first-order chi connectivity index (χ1) is 16.8. The van der Waals surface area contributed by atoms with Crippen molar-refractivity contribution in [2.75, 3.05) is 5.73 Å². The van der Waals surface area contributed by atoms with Crippen molar-refractivity contribution in [2.24, 2.45) is 0 Å². The molecule has 0 fully saturated rings. The van der Waals surface area contributed by atoms with Gasteiger partial charge in [0.1, 0.15) is 22.6 Å². The molecular weight excluding hydrogens is 503 g/mol. The molecule has 0 spiro atoms. The molecule has 2 aromatic heterocycles. The zero-order valence-electron chi connectivity index (χ0n) is 19.1. The van der Waals surface area contributed by atoms with Gasteiger partial charge in [0.25, 0.3) is 0 Å². The number of nitrogens with one attached hydrogen (secondary N) is 1. The average molecular weight is 525 g/mol. The summed E-state index contributed by atoms with van der Waals surface area (Å²) in [6, 6.07) is 8.62. The number of aromatic nitrogens is 2. The molecule has 190 valence electrons. The highest BCUT2D eigenvalue weighted by atomic mass is 32.2. The van der Waals surface area contributed by atoms with Gasteiger partial charge in [0.2, 0.25) is 10.0 Å². The number of nitrogens with two attached hydrogens (primary N) is 1. The summed E-state index contributed by atoms with van der Waals surface area (Å²) in [5.74, 6) is -1.09. The van der Waals surface area contributed by atoms with E-state index in [1.807, 2.05) is 0 Å². The number of benzene rings is 2. The maximum atomic E-state index is 14.9. The zero-order chi connectivity index (χ0) is 26.4. The van der Waals surface area contributed by atoms with Crippen LogP contribution in [0, 0.1) is 11.6 Å². The lowest BCUT2D eigenvalue weighted by atomic mass is 10.1. The van der Waals surface area contributed by atoms with Gasteiger partial charge in [0.15, 0.2) is 0 Å². The third kappa shape index (κ3) is 4.53. The number of para-hydroxylation sites is 1.